The standard InChI is InChI=1S/C11H14ClNO2S2/c1-17(14,15)9-2-3-10(12)11(6-9)13-8-4-5-16-7-8/h2-3,6,8,13H,4-5,7H2,1H3. The molecule has 0 aromatic heterocycles. The molecule has 0 bridgehead atoms. The lowest BCUT2D eigenvalue weighted by Crippen LogP contribution is -2.18. The van der Waals surface area contributed by atoms with Crippen LogP contribution in [0.25, 0.3) is 0 Å². The molecular weight excluding hydrogens is 278 g/mol. The topological polar surface area (TPSA) is 46.2 Å². The summed E-state index contributed by atoms with van der Waals surface area (Å²) in [6.45, 7) is 0. The van der Waals surface area contributed by atoms with E-state index in [-0.39, 0.29) is 0 Å². The van der Waals surface area contributed by atoms with Gasteiger partial charge in [0.05, 0.1) is 15.6 Å². The van der Waals surface area contributed by atoms with Gasteiger partial charge in [-0.1, -0.05) is 11.6 Å². The molecule has 1 fully saturated rings. The molecule has 17 heavy (non-hydrogen) atoms. The van der Waals surface area contributed by atoms with Crippen molar-refractivity contribution >= 4 is 38.9 Å². The van der Waals surface area contributed by atoms with Gasteiger partial charge in [-0.25, -0.2) is 8.42 Å². The van der Waals surface area contributed by atoms with Crippen LogP contribution in [0.2, 0.25) is 5.02 Å². The fraction of sp³-hybridized carbons (Fsp3) is 0.455. The SMILES string of the molecule is CS(=O)(=O)c1ccc(Cl)c(NC2CCSC2)c1. The van der Waals surface area contributed by atoms with Crippen molar-refractivity contribution in [3.05, 3.63) is 23.2 Å². The molecule has 1 aromatic rings. The first kappa shape index (κ1) is 13.1. The number of halogens is 1. The van der Waals surface area contributed by atoms with E-state index in [1.54, 1.807) is 12.1 Å². The van der Waals surface area contributed by atoms with Gasteiger partial charge in [0.25, 0.3) is 0 Å². The maximum Gasteiger partial charge on any atom is 0.175 e. The molecule has 0 amide bonds. The van der Waals surface area contributed by atoms with E-state index in [2.05, 4.69) is 5.32 Å². The van der Waals surface area contributed by atoms with Gasteiger partial charge in [-0.2, -0.15) is 11.8 Å². The molecule has 1 aliphatic heterocycles. The summed E-state index contributed by atoms with van der Waals surface area (Å²) in [6, 6.07) is 5.15. The molecule has 94 valence electrons. The second kappa shape index (κ2) is 5.08. The maximum atomic E-state index is 11.5. The summed E-state index contributed by atoms with van der Waals surface area (Å²) >= 11 is 7.95. The molecule has 1 heterocycles. The third-order valence-corrected chi connectivity index (χ3v) is 5.26. The Kier molecular flexibility index (Phi) is 3.90. The van der Waals surface area contributed by atoms with Crippen LogP contribution in [0.1, 0.15) is 6.42 Å². The molecular formula is C11H14ClNO2S2. The number of thioether (sulfide) groups is 1. The maximum absolute atomic E-state index is 11.5. The number of nitrogens with one attached hydrogen (secondary N) is 1. The summed E-state index contributed by atoms with van der Waals surface area (Å²) in [5, 5.41) is 3.87. The van der Waals surface area contributed by atoms with Crippen molar-refractivity contribution in [1.29, 1.82) is 0 Å². The molecule has 0 radical (unpaired) electrons. The lowest BCUT2D eigenvalue weighted by molar-refractivity contribution is 0.602. The smallest absolute Gasteiger partial charge is 0.175 e. The summed E-state index contributed by atoms with van der Waals surface area (Å²) in [7, 11) is -3.18. The van der Waals surface area contributed by atoms with Gasteiger partial charge in [-0.3, -0.25) is 0 Å². The summed E-state index contributed by atoms with van der Waals surface area (Å²) in [5.41, 5.74) is 0.710. The molecule has 0 aliphatic carbocycles. The van der Waals surface area contributed by atoms with E-state index in [0.717, 1.165) is 17.9 Å². The van der Waals surface area contributed by atoms with Gasteiger partial charge in [-0.15, -0.1) is 0 Å². The van der Waals surface area contributed by atoms with E-state index in [4.69, 9.17) is 11.6 Å². The zero-order valence-electron chi connectivity index (χ0n) is 9.44. The third kappa shape index (κ3) is 3.30. The Morgan fingerprint density at radius 3 is 2.82 bits per heavy atom. The van der Waals surface area contributed by atoms with Gasteiger partial charge in [0, 0.05) is 18.1 Å². The molecule has 3 nitrogen and oxygen atoms in total. The second-order valence-electron chi connectivity index (χ2n) is 4.12. The molecule has 1 unspecified atom stereocenters. The van der Waals surface area contributed by atoms with Crippen LogP contribution in [0.5, 0.6) is 0 Å². The predicted octanol–water partition coefficient (Wildman–Crippen LogP) is 2.66. The van der Waals surface area contributed by atoms with Crippen molar-refractivity contribution in [2.75, 3.05) is 23.1 Å². The van der Waals surface area contributed by atoms with Gasteiger partial charge in [0.2, 0.25) is 0 Å². The van der Waals surface area contributed by atoms with Crippen molar-refractivity contribution < 1.29 is 8.42 Å². The molecule has 1 N–H and O–H groups in total. The van der Waals surface area contributed by atoms with Crippen molar-refractivity contribution in [2.45, 2.75) is 17.4 Å². The van der Waals surface area contributed by atoms with Gasteiger partial charge >= 0.3 is 0 Å². The number of hydrogen-bond donors (Lipinski definition) is 1. The Hall–Kier alpha value is -0.390. The lowest BCUT2D eigenvalue weighted by atomic mass is 10.2. The van der Waals surface area contributed by atoms with Gasteiger partial charge in [0.15, 0.2) is 9.84 Å². The number of rotatable bonds is 3. The monoisotopic (exact) mass is 291 g/mol. The van der Waals surface area contributed by atoms with E-state index < -0.39 is 9.84 Å². The second-order valence-corrected chi connectivity index (χ2v) is 7.69. The molecule has 0 saturated carbocycles. The summed E-state index contributed by atoms with van der Waals surface area (Å²) in [4.78, 5) is 0.301. The average Bonchev–Trinajstić information content (AvgIpc) is 2.72. The Morgan fingerprint density at radius 1 is 1.47 bits per heavy atom. The van der Waals surface area contributed by atoms with Crippen LogP contribution in [0.4, 0.5) is 5.69 Å². The number of sulfone groups is 1. The Balaban J connectivity index is 2.26. The third-order valence-electron chi connectivity index (χ3n) is 2.66. The van der Waals surface area contributed by atoms with Gasteiger partial charge in [0.1, 0.15) is 0 Å². The van der Waals surface area contributed by atoms with Gasteiger partial charge in [-0.05, 0) is 30.4 Å². The van der Waals surface area contributed by atoms with Crippen LogP contribution in [0, 0.1) is 0 Å². The number of anilines is 1. The van der Waals surface area contributed by atoms with E-state index in [1.807, 2.05) is 11.8 Å². The van der Waals surface area contributed by atoms with E-state index in [1.165, 1.54) is 12.3 Å². The summed E-state index contributed by atoms with van der Waals surface area (Å²) in [5.74, 6) is 2.18. The quantitative estimate of drug-likeness (QED) is 0.930. The van der Waals surface area contributed by atoms with Gasteiger partial charge < -0.3 is 5.32 Å². The Morgan fingerprint density at radius 2 is 2.24 bits per heavy atom. The highest BCUT2D eigenvalue weighted by Crippen LogP contribution is 2.28. The first-order valence-corrected chi connectivity index (χ1v) is 8.73. The Bertz CT molecular complexity index is 510. The highest BCUT2D eigenvalue weighted by Gasteiger charge is 2.17. The minimum absolute atomic E-state index is 0.301. The van der Waals surface area contributed by atoms with Crippen molar-refractivity contribution in [3.63, 3.8) is 0 Å². The molecule has 1 atom stereocenters. The highest BCUT2D eigenvalue weighted by molar-refractivity contribution is 7.99. The molecule has 2 rings (SSSR count). The molecule has 1 saturated heterocycles. The predicted molar refractivity (Wildman–Crippen MR) is 73.9 cm³/mol. The number of benzene rings is 1. The molecule has 1 aromatic carbocycles. The minimum atomic E-state index is -3.18. The zero-order valence-corrected chi connectivity index (χ0v) is 11.8. The van der Waals surface area contributed by atoms with Crippen LogP contribution in [-0.4, -0.2) is 32.2 Å². The van der Waals surface area contributed by atoms with E-state index in [9.17, 15) is 8.42 Å². The first-order valence-electron chi connectivity index (χ1n) is 5.31. The average molecular weight is 292 g/mol. The van der Waals surface area contributed by atoms with Crippen LogP contribution in [-0.2, 0) is 9.84 Å². The van der Waals surface area contributed by atoms with Crippen LogP contribution in [0.15, 0.2) is 23.1 Å². The van der Waals surface area contributed by atoms with Crippen molar-refractivity contribution in [2.24, 2.45) is 0 Å². The molecule has 0 spiro atoms. The van der Waals surface area contributed by atoms with E-state index >= 15 is 0 Å². The van der Waals surface area contributed by atoms with Crippen LogP contribution in [0.3, 0.4) is 0 Å². The van der Waals surface area contributed by atoms with Crippen LogP contribution < -0.4 is 5.32 Å². The number of hydrogen-bond acceptors (Lipinski definition) is 4. The summed E-state index contributed by atoms with van der Waals surface area (Å²) in [6.07, 6.45) is 2.29. The molecule has 6 heteroatoms. The Labute approximate surface area is 111 Å². The highest BCUT2D eigenvalue weighted by atomic mass is 35.5. The van der Waals surface area contributed by atoms with Crippen molar-refractivity contribution in [1.82, 2.24) is 0 Å². The van der Waals surface area contributed by atoms with Crippen molar-refractivity contribution in [3.8, 4) is 0 Å². The molecule has 1 aliphatic rings. The normalized spacial score (nSPS) is 20.5. The first-order chi connectivity index (χ1) is 7.97. The fourth-order valence-electron chi connectivity index (χ4n) is 1.71. The zero-order chi connectivity index (χ0) is 12.5. The lowest BCUT2D eigenvalue weighted by Gasteiger charge is -2.15. The minimum Gasteiger partial charge on any atom is -0.380 e. The van der Waals surface area contributed by atoms with E-state index in [0.29, 0.717) is 21.6 Å². The largest absolute Gasteiger partial charge is 0.380 e. The van der Waals surface area contributed by atoms with Crippen LogP contribution >= 0.6 is 23.4 Å². The fourth-order valence-corrected chi connectivity index (χ4v) is 3.69. The summed E-state index contributed by atoms with van der Waals surface area (Å²) < 4.78 is 22.9.